The molecule has 0 aliphatic carbocycles. The molecule has 0 saturated carbocycles. The first-order valence-corrected chi connectivity index (χ1v) is 10.1. The predicted molar refractivity (Wildman–Crippen MR) is 100 cm³/mol. The van der Waals surface area contributed by atoms with Crippen molar-refractivity contribution in [1.29, 1.82) is 0 Å². The molecular formula is C20H36O7. The highest BCUT2D eigenvalue weighted by Crippen LogP contribution is 2.42. The minimum atomic E-state index is -2.46. The van der Waals surface area contributed by atoms with Gasteiger partial charge in [0.15, 0.2) is 0 Å². The third-order valence-corrected chi connectivity index (χ3v) is 5.48. The summed E-state index contributed by atoms with van der Waals surface area (Å²) in [5.41, 5.74) is -4.40. The van der Waals surface area contributed by atoms with E-state index in [-0.39, 0.29) is 13.0 Å². The van der Waals surface area contributed by atoms with Crippen LogP contribution in [0.15, 0.2) is 0 Å². The van der Waals surface area contributed by atoms with Crippen LogP contribution in [0.1, 0.15) is 77.6 Å². The summed E-state index contributed by atoms with van der Waals surface area (Å²) >= 11 is 0. The van der Waals surface area contributed by atoms with E-state index in [4.69, 9.17) is 9.47 Å². The van der Waals surface area contributed by atoms with E-state index in [1.54, 1.807) is 0 Å². The van der Waals surface area contributed by atoms with Crippen molar-refractivity contribution >= 4 is 11.9 Å². The molecule has 1 aliphatic rings. The molecule has 1 rings (SSSR count). The van der Waals surface area contributed by atoms with E-state index < -0.39 is 29.2 Å². The molecule has 27 heavy (non-hydrogen) atoms. The second-order valence-corrected chi connectivity index (χ2v) is 7.34. The highest BCUT2D eigenvalue weighted by atomic mass is 16.6. The predicted octanol–water partition coefficient (Wildman–Crippen LogP) is 2.50. The van der Waals surface area contributed by atoms with Crippen molar-refractivity contribution in [1.82, 2.24) is 0 Å². The largest absolute Gasteiger partial charge is 0.467 e. The zero-order valence-electron chi connectivity index (χ0n) is 17.0. The standard InChI is InChI=1S/C20H36O7/c1-4-5-6-7-8-9-10-11-12-13-14-19(17(22)25-2)20(24,18(23)26-3)16(21)15-27-19/h16,21,24H,4-15H2,1-3H3. The average molecular weight is 389 g/mol. The molecule has 0 radical (unpaired) electrons. The van der Waals surface area contributed by atoms with Crippen LogP contribution in [0, 0.1) is 0 Å². The first-order chi connectivity index (χ1) is 12.9. The maximum Gasteiger partial charge on any atom is 0.344 e. The van der Waals surface area contributed by atoms with Gasteiger partial charge in [0.2, 0.25) is 11.2 Å². The Morgan fingerprint density at radius 3 is 1.89 bits per heavy atom. The third kappa shape index (κ3) is 5.42. The first kappa shape index (κ1) is 23.9. The number of aliphatic hydroxyl groups is 2. The van der Waals surface area contributed by atoms with Gasteiger partial charge in [-0.15, -0.1) is 0 Å². The molecule has 0 aromatic heterocycles. The number of aliphatic hydroxyl groups excluding tert-OH is 1. The Balaban J connectivity index is 2.54. The lowest BCUT2D eigenvalue weighted by Crippen LogP contribution is -2.65. The van der Waals surface area contributed by atoms with Gasteiger partial charge in [-0.3, -0.25) is 0 Å². The lowest BCUT2D eigenvalue weighted by atomic mass is 9.77. The van der Waals surface area contributed by atoms with E-state index in [2.05, 4.69) is 11.7 Å². The first-order valence-electron chi connectivity index (χ1n) is 10.1. The maximum atomic E-state index is 12.4. The number of unbranched alkanes of at least 4 members (excludes halogenated alkanes) is 9. The smallest absolute Gasteiger partial charge is 0.344 e. The van der Waals surface area contributed by atoms with Crippen LogP contribution in [0.3, 0.4) is 0 Å². The van der Waals surface area contributed by atoms with E-state index in [0.29, 0.717) is 6.42 Å². The minimum absolute atomic E-state index is 0.0822. The Labute approximate surface area is 162 Å². The van der Waals surface area contributed by atoms with Crippen LogP contribution < -0.4 is 0 Å². The highest BCUT2D eigenvalue weighted by Gasteiger charge is 2.70. The summed E-state index contributed by atoms with van der Waals surface area (Å²) in [4.78, 5) is 24.5. The lowest BCUT2D eigenvalue weighted by molar-refractivity contribution is -0.207. The van der Waals surface area contributed by atoms with Crippen LogP contribution in [0.4, 0.5) is 0 Å². The van der Waals surface area contributed by atoms with Crippen molar-refractivity contribution in [2.75, 3.05) is 20.8 Å². The fourth-order valence-corrected chi connectivity index (χ4v) is 3.78. The van der Waals surface area contributed by atoms with Gasteiger partial charge in [-0.1, -0.05) is 64.7 Å². The number of ether oxygens (including phenoxy) is 3. The summed E-state index contributed by atoms with van der Waals surface area (Å²) < 4.78 is 14.8. The molecule has 1 aliphatic heterocycles. The van der Waals surface area contributed by atoms with Crippen LogP contribution in [-0.2, 0) is 23.8 Å². The molecule has 0 spiro atoms. The van der Waals surface area contributed by atoms with Gasteiger partial charge in [-0.2, -0.15) is 0 Å². The van der Waals surface area contributed by atoms with Crippen molar-refractivity contribution < 1.29 is 34.0 Å². The molecule has 1 heterocycles. The van der Waals surface area contributed by atoms with E-state index in [9.17, 15) is 19.8 Å². The molecule has 0 aromatic rings. The summed E-state index contributed by atoms with van der Waals surface area (Å²) in [6, 6.07) is 0. The number of carbonyl (C=O) groups excluding carboxylic acids is 2. The second kappa shape index (κ2) is 11.6. The van der Waals surface area contributed by atoms with Crippen molar-refractivity contribution in [3.63, 3.8) is 0 Å². The fourth-order valence-electron chi connectivity index (χ4n) is 3.78. The lowest BCUT2D eigenvalue weighted by Gasteiger charge is -2.37. The maximum absolute atomic E-state index is 12.4. The van der Waals surface area contributed by atoms with E-state index in [1.807, 2.05) is 0 Å². The van der Waals surface area contributed by atoms with Gasteiger partial charge < -0.3 is 24.4 Å². The van der Waals surface area contributed by atoms with Gasteiger partial charge in [-0.25, -0.2) is 9.59 Å². The number of esters is 2. The molecule has 0 bridgehead atoms. The quantitative estimate of drug-likeness (QED) is 0.369. The summed E-state index contributed by atoms with van der Waals surface area (Å²) in [5.74, 6) is -1.96. The number of carbonyl (C=O) groups is 2. The third-order valence-electron chi connectivity index (χ3n) is 5.48. The number of hydrogen-bond donors (Lipinski definition) is 2. The van der Waals surface area contributed by atoms with Crippen LogP contribution in [0.2, 0.25) is 0 Å². The zero-order chi connectivity index (χ0) is 20.3. The Hall–Kier alpha value is -1.18. The molecule has 1 fully saturated rings. The SMILES string of the molecule is CCCCCCCCCCCCC1(C(=O)OC)OCC(O)C1(O)C(=O)OC. The van der Waals surface area contributed by atoms with Gasteiger partial charge in [-0.05, 0) is 12.8 Å². The second-order valence-electron chi connectivity index (χ2n) is 7.34. The summed E-state index contributed by atoms with van der Waals surface area (Å²) in [7, 11) is 2.25. The summed E-state index contributed by atoms with van der Waals surface area (Å²) in [5, 5.41) is 20.9. The van der Waals surface area contributed by atoms with E-state index in [0.717, 1.165) is 33.5 Å². The van der Waals surface area contributed by atoms with Gasteiger partial charge in [0, 0.05) is 0 Å². The molecular weight excluding hydrogens is 352 g/mol. The van der Waals surface area contributed by atoms with Gasteiger partial charge >= 0.3 is 11.9 Å². The van der Waals surface area contributed by atoms with E-state index >= 15 is 0 Å². The van der Waals surface area contributed by atoms with Gasteiger partial charge in [0.25, 0.3) is 0 Å². The van der Waals surface area contributed by atoms with E-state index in [1.165, 1.54) is 38.5 Å². The van der Waals surface area contributed by atoms with Crippen molar-refractivity contribution in [3.05, 3.63) is 0 Å². The number of hydrogen-bond acceptors (Lipinski definition) is 7. The molecule has 3 unspecified atom stereocenters. The average Bonchev–Trinajstić information content (AvgIpc) is 2.94. The number of methoxy groups -OCH3 is 2. The summed E-state index contributed by atoms with van der Waals surface area (Å²) in [6.45, 7) is 1.87. The normalized spacial score (nSPS) is 27.5. The molecule has 1 saturated heterocycles. The highest BCUT2D eigenvalue weighted by molar-refractivity contribution is 5.94. The number of rotatable bonds is 13. The molecule has 158 valence electrons. The molecule has 2 N–H and O–H groups in total. The topological polar surface area (TPSA) is 102 Å². The molecule has 0 amide bonds. The molecule has 0 aromatic carbocycles. The Morgan fingerprint density at radius 2 is 1.41 bits per heavy atom. The Bertz CT molecular complexity index is 467. The van der Waals surface area contributed by atoms with Crippen LogP contribution in [-0.4, -0.2) is 60.3 Å². The minimum Gasteiger partial charge on any atom is -0.467 e. The van der Waals surface area contributed by atoms with Crippen LogP contribution in [0.25, 0.3) is 0 Å². The monoisotopic (exact) mass is 388 g/mol. The van der Waals surface area contributed by atoms with Crippen molar-refractivity contribution in [2.45, 2.75) is 94.9 Å². The van der Waals surface area contributed by atoms with Gasteiger partial charge in [0.1, 0.15) is 6.10 Å². The van der Waals surface area contributed by atoms with Gasteiger partial charge in [0.05, 0.1) is 20.8 Å². The molecule has 7 nitrogen and oxygen atoms in total. The van der Waals surface area contributed by atoms with Crippen LogP contribution in [0.5, 0.6) is 0 Å². The fraction of sp³-hybridized carbons (Fsp3) is 0.900. The van der Waals surface area contributed by atoms with Crippen molar-refractivity contribution in [2.24, 2.45) is 0 Å². The molecule has 7 heteroatoms. The summed E-state index contributed by atoms with van der Waals surface area (Å²) in [6.07, 6.45) is 9.60. The van der Waals surface area contributed by atoms with Crippen molar-refractivity contribution in [3.8, 4) is 0 Å². The molecule has 3 atom stereocenters. The van der Waals surface area contributed by atoms with Crippen LogP contribution >= 0.6 is 0 Å². The Morgan fingerprint density at radius 1 is 0.926 bits per heavy atom. The Kier molecular flexibility index (Phi) is 10.3. The zero-order valence-corrected chi connectivity index (χ0v) is 17.0.